The Morgan fingerprint density at radius 3 is 2.45 bits per heavy atom. The standard InChI is InChI=1S/C18H26N2/c1-4-8-17(13-16-9-6-5-7-10-16)18(15(2)3)20-12-11-19-14-20/h5-7,9-12,14-15,17-18H,4,8,13H2,1-3H3/p+1. The van der Waals surface area contributed by atoms with Gasteiger partial charge < -0.3 is 0 Å². The fraction of sp³-hybridized carbons (Fsp3) is 0.500. The molecule has 2 unspecified atom stereocenters. The Morgan fingerprint density at radius 2 is 1.90 bits per heavy atom. The summed E-state index contributed by atoms with van der Waals surface area (Å²) in [7, 11) is 0. The van der Waals surface area contributed by atoms with Crippen LogP contribution in [0.5, 0.6) is 0 Å². The molecule has 1 aromatic carbocycles. The average Bonchev–Trinajstić information content (AvgIpc) is 2.93. The molecule has 2 aromatic rings. The molecule has 0 bridgehead atoms. The van der Waals surface area contributed by atoms with Gasteiger partial charge in [0.1, 0.15) is 18.4 Å². The number of hydrogen-bond donors (Lipinski definition) is 1. The molecule has 20 heavy (non-hydrogen) atoms. The van der Waals surface area contributed by atoms with Gasteiger partial charge in [-0.1, -0.05) is 57.5 Å². The van der Waals surface area contributed by atoms with Crippen LogP contribution in [0.3, 0.4) is 0 Å². The lowest BCUT2D eigenvalue weighted by Gasteiger charge is -2.27. The number of nitrogens with one attached hydrogen (secondary N) is 1. The van der Waals surface area contributed by atoms with E-state index in [1.807, 2.05) is 6.20 Å². The number of aromatic nitrogens is 2. The molecule has 0 aliphatic rings. The van der Waals surface area contributed by atoms with Crippen molar-refractivity contribution in [3.63, 3.8) is 0 Å². The van der Waals surface area contributed by atoms with Crippen LogP contribution in [0.2, 0.25) is 0 Å². The van der Waals surface area contributed by atoms with Crippen molar-refractivity contribution < 1.29 is 4.57 Å². The number of H-pyrrole nitrogens is 1. The second-order valence-electron chi connectivity index (χ2n) is 6.03. The molecule has 108 valence electrons. The molecule has 2 heteroatoms. The van der Waals surface area contributed by atoms with Gasteiger partial charge in [0.2, 0.25) is 6.33 Å². The summed E-state index contributed by atoms with van der Waals surface area (Å²) in [5.41, 5.74) is 1.45. The Hall–Kier alpha value is -1.57. The Bertz CT molecular complexity index is 473. The molecule has 0 aliphatic heterocycles. The lowest BCUT2D eigenvalue weighted by atomic mass is 9.82. The van der Waals surface area contributed by atoms with Gasteiger partial charge in [0.15, 0.2) is 0 Å². The maximum absolute atomic E-state index is 3.19. The number of imidazole rings is 1. The molecule has 2 atom stereocenters. The molecule has 2 nitrogen and oxygen atoms in total. The summed E-state index contributed by atoms with van der Waals surface area (Å²) < 4.78 is 2.36. The van der Waals surface area contributed by atoms with Gasteiger partial charge in [-0.2, -0.15) is 0 Å². The third-order valence-electron chi connectivity index (χ3n) is 4.08. The maximum atomic E-state index is 3.19. The molecule has 0 radical (unpaired) electrons. The maximum Gasteiger partial charge on any atom is 0.241 e. The van der Waals surface area contributed by atoms with Crippen molar-refractivity contribution in [1.82, 2.24) is 4.98 Å². The van der Waals surface area contributed by atoms with E-state index in [4.69, 9.17) is 0 Å². The molecule has 0 spiro atoms. The van der Waals surface area contributed by atoms with Gasteiger partial charge in [-0.25, -0.2) is 4.57 Å². The fourth-order valence-corrected chi connectivity index (χ4v) is 3.30. The Balaban J connectivity index is 2.21. The van der Waals surface area contributed by atoms with Crippen LogP contribution >= 0.6 is 0 Å². The van der Waals surface area contributed by atoms with E-state index < -0.39 is 0 Å². The lowest BCUT2D eigenvalue weighted by molar-refractivity contribution is -0.735. The van der Waals surface area contributed by atoms with Gasteiger partial charge in [0.25, 0.3) is 0 Å². The Morgan fingerprint density at radius 1 is 1.15 bits per heavy atom. The molecular formula is C18H27N2+. The lowest BCUT2D eigenvalue weighted by Crippen LogP contribution is -2.45. The van der Waals surface area contributed by atoms with Crippen LogP contribution in [0, 0.1) is 11.8 Å². The van der Waals surface area contributed by atoms with Crippen molar-refractivity contribution >= 4 is 0 Å². The monoisotopic (exact) mass is 271 g/mol. The quantitative estimate of drug-likeness (QED) is 0.730. The summed E-state index contributed by atoms with van der Waals surface area (Å²) in [5, 5.41) is 0. The van der Waals surface area contributed by atoms with E-state index in [-0.39, 0.29) is 0 Å². The van der Waals surface area contributed by atoms with Gasteiger partial charge in [0, 0.05) is 5.92 Å². The molecule has 0 amide bonds. The third kappa shape index (κ3) is 3.72. The predicted octanol–water partition coefficient (Wildman–Crippen LogP) is 4.16. The van der Waals surface area contributed by atoms with E-state index in [9.17, 15) is 0 Å². The minimum atomic E-state index is 0.557. The molecule has 0 fully saturated rings. The number of hydrogen-bond acceptors (Lipinski definition) is 0. The van der Waals surface area contributed by atoms with Crippen LogP contribution in [0.4, 0.5) is 0 Å². The second-order valence-corrected chi connectivity index (χ2v) is 6.03. The highest BCUT2D eigenvalue weighted by molar-refractivity contribution is 5.15. The van der Waals surface area contributed by atoms with E-state index in [0.29, 0.717) is 17.9 Å². The number of aromatic amines is 1. The Kier molecular flexibility index (Phi) is 5.40. The first-order valence-electron chi connectivity index (χ1n) is 7.79. The zero-order valence-corrected chi connectivity index (χ0v) is 12.9. The molecule has 0 saturated carbocycles. The predicted molar refractivity (Wildman–Crippen MR) is 83.4 cm³/mol. The summed E-state index contributed by atoms with van der Waals surface area (Å²) in [6.45, 7) is 6.95. The summed E-state index contributed by atoms with van der Waals surface area (Å²) in [4.78, 5) is 3.19. The molecular weight excluding hydrogens is 244 g/mol. The van der Waals surface area contributed by atoms with Crippen molar-refractivity contribution in [1.29, 1.82) is 0 Å². The van der Waals surface area contributed by atoms with Gasteiger partial charge in [-0.3, -0.25) is 4.98 Å². The first-order valence-corrected chi connectivity index (χ1v) is 7.79. The van der Waals surface area contributed by atoms with Crippen LogP contribution in [0.1, 0.15) is 45.2 Å². The van der Waals surface area contributed by atoms with E-state index in [2.05, 4.69) is 73.2 Å². The zero-order valence-electron chi connectivity index (χ0n) is 12.9. The van der Waals surface area contributed by atoms with Crippen molar-refractivity contribution in [2.75, 3.05) is 0 Å². The second kappa shape index (κ2) is 7.28. The zero-order chi connectivity index (χ0) is 14.4. The Labute approximate surface area is 122 Å². The summed E-state index contributed by atoms with van der Waals surface area (Å²) in [6.07, 6.45) is 9.95. The molecule has 1 heterocycles. The number of nitrogens with zero attached hydrogens (tertiary/aromatic N) is 1. The third-order valence-corrected chi connectivity index (χ3v) is 4.08. The van der Waals surface area contributed by atoms with Crippen molar-refractivity contribution in [3.05, 3.63) is 54.6 Å². The van der Waals surface area contributed by atoms with Gasteiger partial charge in [-0.15, -0.1) is 0 Å². The first-order chi connectivity index (χ1) is 9.72. The van der Waals surface area contributed by atoms with Crippen LogP contribution < -0.4 is 4.57 Å². The minimum Gasteiger partial charge on any atom is -0.250 e. The average molecular weight is 271 g/mol. The highest BCUT2D eigenvalue weighted by Crippen LogP contribution is 2.28. The highest BCUT2D eigenvalue weighted by atomic mass is 15.1. The van der Waals surface area contributed by atoms with Crippen molar-refractivity contribution in [2.45, 2.75) is 46.1 Å². The summed E-state index contributed by atoms with van der Waals surface area (Å²) >= 11 is 0. The number of benzene rings is 1. The van der Waals surface area contributed by atoms with Crippen LogP contribution in [0.25, 0.3) is 0 Å². The SMILES string of the molecule is CCCC(Cc1ccccc1)C(C(C)C)[n+]1cc[nH]c1. The minimum absolute atomic E-state index is 0.557. The van der Waals surface area contributed by atoms with Crippen LogP contribution in [0.15, 0.2) is 49.1 Å². The van der Waals surface area contributed by atoms with Crippen LogP contribution in [-0.4, -0.2) is 4.98 Å². The van der Waals surface area contributed by atoms with E-state index >= 15 is 0 Å². The summed E-state index contributed by atoms with van der Waals surface area (Å²) in [5.74, 6) is 1.32. The van der Waals surface area contributed by atoms with E-state index in [0.717, 1.165) is 6.42 Å². The largest absolute Gasteiger partial charge is 0.250 e. The van der Waals surface area contributed by atoms with E-state index in [1.165, 1.54) is 18.4 Å². The summed E-state index contributed by atoms with van der Waals surface area (Å²) in [6, 6.07) is 11.4. The topological polar surface area (TPSA) is 19.7 Å². The molecule has 1 aromatic heterocycles. The highest BCUT2D eigenvalue weighted by Gasteiger charge is 2.29. The van der Waals surface area contributed by atoms with E-state index in [1.54, 1.807) is 0 Å². The smallest absolute Gasteiger partial charge is 0.241 e. The molecule has 0 aliphatic carbocycles. The molecule has 2 rings (SSSR count). The van der Waals surface area contributed by atoms with Crippen LogP contribution in [-0.2, 0) is 6.42 Å². The van der Waals surface area contributed by atoms with Gasteiger partial charge >= 0.3 is 0 Å². The molecule has 0 saturated heterocycles. The van der Waals surface area contributed by atoms with Gasteiger partial charge in [0.05, 0.1) is 0 Å². The fourth-order valence-electron chi connectivity index (χ4n) is 3.30. The van der Waals surface area contributed by atoms with Gasteiger partial charge in [-0.05, 0) is 24.3 Å². The number of rotatable bonds is 7. The molecule has 1 N–H and O–H groups in total. The van der Waals surface area contributed by atoms with Crippen molar-refractivity contribution in [3.8, 4) is 0 Å². The normalized spacial score (nSPS) is 14.4. The first kappa shape index (κ1) is 14.8. The van der Waals surface area contributed by atoms with Crippen molar-refractivity contribution in [2.24, 2.45) is 11.8 Å².